The molecule has 0 bridgehead atoms. The Labute approximate surface area is 113 Å². The van der Waals surface area contributed by atoms with Crippen molar-refractivity contribution < 1.29 is 9.18 Å². The molecule has 20 heavy (non-hydrogen) atoms. The molecule has 0 unspecified atom stereocenters. The number of anilines is 1. The highest BCUT2D eigenvalue weighted by Crippen LogP contribution is 2.23. The van der Waals surface area contributed by atoms with Gasteiger partial charge in [0.2, 0.25) is 0 Å². The van der Waals surface area contributed by atoms with Crippen LogP contribution in [0.1, 0.15) is 10.4 Å². The van der Waals surface area contributed by atoms with Crippen LogP contribution in [0.2, 0.25) is 0 Å². The van der Waals surface area contributed by atoms with Crippen molar-refractivity contribution >= 4 is 17.8 Å². The third-order valence-electron chi connectivity index (χ3n) is 2.88. The molecule has 3 rings (SSSR count). The van der Waals surface area contributed by atoms with Crippen LogP contribution in [0.4, 0.5) is 10.2 Å². The van der Waals surface area contributed by atoms with Crippen LogP contribution in [-0.4, -0.2) is 32.9 Å². The average molecular weight is 271 g/mol. The molecule has 3 heterocycles. The fraction of sp³-hybridized carbons (Fsp3) is 0.0769. The van der Waals surface area contributed by atoms with Crippen molar-refractivity contribution in [2.45, 2.75) is 0 Å². The highest BCUT2D eigenvalue weighted by Gasteiger charge is 2.12. The number of hydrogen-bond donors (Lipinski definition) is 1. The van der Waals surface area contributed by atoms with Gasteiger partial charge in [-0.1, -0.05) is 0 Å². The SMILES string of the molecule is CNc1cc(-c2cncc(F)c2)nc2c(C=O)cnn12. The maximum Gasteiger partial charge on any atom is 0.168 e. The normalized spacial score (nSPS) is 10.7. The van der Waals surface area contributed by atoms with Gasteiger partial charge in [-0.3, -0.25) is 9.78 Å². The molecule has 7 heteroatoms. The zero-order valence-corrected chi connectivity index (χ0v) is 10.5. The summed E-state index contributed by atoms with van der Waals surface area (Å²) in [6, 6.07) is 3.05. The van der Waals surface area contributed by atoms with E-state index in [1.807, 2.05) is 0 Å². The minimum Gasteiger partial charge on any atom is -0.373 e. The summed E-state index contributed by atoms with van der Waals surface area (Å²) in [4.78, 5) is 19.1. The van der Waals surface area contributed by atoms with E-state index < -0.39 is 5.82 Å². The molecule has 1 N–H and O–H groups in total. The first-order chi connectivity index (χ1) is 9.72. The Morgan fingerprint density at radius 3 is 2.85 bits per heavy atom. The van der Waals surface area contributed by atoms with E-state index in [1.165, 1.54) is 23.0 Å². The van der Waals surface area contributed by atoms with Crippen LogP contribution in [0.5, 0.6) is 0 Å². The Hall–Kier alpha value is -2.83. The summed E-state index contributed by atoms with van der Waals surface area (Å²) < 4.78 is 14.8. The quantitative estimate of drug-likeness (QED) is 0.735. The number of aromatic nitrogens is 4. The van der Waals surface area contributed by atoms with Gasteiger partial charge in [0.15, 0.2) is 11.9 Å². The van der Waals surface area contributed by atoms with Gasteiger partial charge >= 0.3 is 0 Å². The van der Waals surface area contributed by atoms with Gasteiger partial charge in [0.1, 0.15) is 11.6 Å². The predicted octanol–water partition coefficient (Wildman–Crippen LogP) is 1.78. The molecule has 0 radical (unpaired) electrons. The van der Waals surface area contributed by atoms with E-state index >= 15 is 0 Å². The summed E-state index contributed by atoms with van der Waals surface area (Å²) in [6.45, 7) is 0. The molecule has 0 aliphatic rings. The highest BCUT2D eigenvalue weighted by molar-refractivity contribution is 5.85. The van der Waals surface area contributed by atoms with Crippen LogP contribution in [0.25, 0.3) is 16.9 Å². The molecule has 0 atom stereocenters. The number of pyridine rings is 1. The van der Waals surface area contributed by atoms with Gasteiger partial charge in [-0.05, 0) is 6.07 Å². The Morgan fingerprint density at radius 1 is 1.30 bits per heavy atom. The Kier molecular flexibility index (Phi) is 2.86. The fourth-order valence-electron chi connectivity index (χ4n) is 1.94. The molecule has 0 saturated heterocycles. The van der Waals surface area contributed by atoms with Crippen LogP contribution in [0.3, 0.4) is 0 Å². The second-order valence-electron chi connectivity index (χ2n) is 4.12. The molecule has 0 spiro atoms. The van der Waals surface area contributed by atoms with Crippen LogP contribution >= 0.6 is 0 Å². The number of rotatable bonds is 3. The largest absolute Gasteiger partial charge is 0.373 e. The minimum atomic E-state index is -0.445. The number of carbonyl (C=O) groups excluding carboxylic acids is 1. The highest BCUT2D eigenvalue weighted by atomic mass is 19.1. The smallest absolute Gasteiger partial charge is 0.168 e. The molecule has 100 valence electrons. The molecule has 0 aliphatic heterocycles. The van der Waals surface area contributed by atoms with Crippen LogP contribution < -0.4 is 5.32 Å². The standard InChI is InChI=1S/C13H10FN5O/c1-15-12-3-11(8-2-10(14)6-16-4-8)18-13-9(7-20)5-17-19(12)13/h2-7,15H,1H3. The maximum absolute atomic E-state index is 13.3. The van der Waals surface area contributed by atoms with Gasteiger partial charge in [0, 0.05) is 24.9 Å². The lowest BCUT2D eigenvalue weighted by Gasteiger charge is -2.07. The Balaban J connectivity index is 2.28. The van der Waals surface area contributed by atoms with Gasteiger partial charge in [-0.15, -0.1) is 0 Å². The summed E-state index contributed by atoms with van der Waals surface area (Å²) in [7, 11) is 1.73. The van der Waals surface area contributed by atoms with E-state index in [2.05, 4.69) is 20.4 Å². The summed E-state index contributed by atoms with van der Waals surface area (Å²) >= 11 is 0. The van der Waals surface area contributed by atoms with Crippen molar-refractivity contribution in [3.05, 3.63) is 42.1 Å². The van der Waals surface area contributed by atoms with Crippen molar-refractivity contribution in [3.63, 3.8) is 0 Å². The third kappa shape index (κ3) is 1.89. The fourth-order valence-corrected chi connectivity index (χ4v) is 1.94. The number of nitrogens with zero attached hydrogens (tertiary/aromatic N) is 4. The van der Waals surface area contributed by atoms with Gasteiger partial charge in [-0.25, -0.2) is 9.37 Å². The van der Waals surface area contributed by atoms with E-state index in [9.17, 15) is 9.18 Å². The lowest BCUT2D eigenvalue weighted by atomic mass is 10.2. The summed E-state index contributed by atoms with van der Waals surface area (Å²) in [5.41, 5.74) is 1.82. The summed E-state index contributed by atoms with van der Waals surface area (Å²) in [6.07, 6.45) is 4.75. The minimum absolute atomic E-state index is 0.368. The van der Waals surface area contributed by atoms with Gasteiger partial charge in [0.05, 0.1) is 23.7 Å². The molecule has 3 aromatic heterocycles. The van der Waals surface area contributed by atoms with Crippen molar-refractivity contribution in [2.24, 2.45) is 0 Å². The number of nitrogens with one attached hydrogen (secondary N) is 1. The lowest BCUT2D eigenvalue weighted by molar-refractivity contribution is 0.112. The van der Waals surface area contributed by atoms with Gasteiger partial charge < -0.3 is 5.32 Å². The number of carbonyl (C=O) groups is 1. The van der Waals surface area contributed by atoms with Crippen molar-refractivity contribution in [2.75, 3.05) is 12.4 Å². The van der Waals surface area contributed by atoms with Crippen LogP contribution in [0.15, 0.2) is 30.7 Å². The number of aldehydes is 1. The maximum atomic E-state index is 13.3. The lowest BCUT2D eigenvalue weighted by Crippen LogP contribution is -2.02. The number of hydrogen-bond acceptors (Lipinski definition) is 5. The van der Waals surface area contributed by atoms with Crippen molar-refractivity contribution in [1.82, 2.24) is 19.6 Å². The number of halogens is 1. The predicted molar refractivity (Wildman–Crippen MR) is 71.1 cm³/mol. The first-order valence-electron chi connectivity index (χ1n) is 5.85. The zero-order chi connectivity index (χ0) is 14.1. The Bertz CT molecular complexity index is 799. The van der Waals surface area contributed by atoms with Crippen LogP contribution in [-0.2, 0) is 0 Å². The summed E-state index contributed by atoms with van der Waals surface area (Å²) in [5, 5.41) is 7.05. The second kappa shape index (κ2) is 4.69. The molecule has 6 nitrogen and oxygen atoms in total. The Morgan fingerprint density at radius 2 is 2.15 bits per heavy atom. The molecular formula is C13H10FN5O. The van der Waals surface area contributed by atoms with Gasteiger partial charge in [0.25, 0.3) is 0 Å². The van der Waals surface area contributed by atoms with E-state index in [1.54, 1.807) is 13.1 Å². The van der Waals surface area contributed by atoms with E-state index in [4.69, 9.17) is 0 Å². The monoisotopic (exact) mass is 271 g/mol. The zero-order valence-electron chi connectivity index (χ0n) is 10.5. The van der Waals surface area contributed by atoms with Crippen molar-refractivity contribution in [3.8, 4) is 11.3 Å². The molecule has 0 saturated carbocycles. The first-order valence-corrected chi connectivity index (χ1v) is 5.85. The van der Waals surface area contributed by atoms with Crippen LogP contribution in [0, 0.1) is 5.82 Å². The molecule has 0 aliphatic carbocycles. The molecule has 0 fully saturated rings. The topological polar surface area (TPSA) is 72.2 Å². The molecular weight excluding hydrogens is 261 g/mol. The second-order valence-corrected chi connectivity index (χ2v) is 4.12. The third-order valence-corrected chi connectivity index (χ3v) is 2.88. The average Bonchev–Trinajstić information content (AvgIpc) is 2.89. The number of fused-ring (bicyclic) bond motifs is 1. The van der Waals surface area contributed by atoms with E-state index in [-0.39, 0.29) is 0 Å². The molecule has 0 amide bonds. The molecule has 0 aromatic carbocycles. The summed E-state index contributed by atoms with van der Waals surface area (Å²) in [5.74, 6) is 0.196. The molecule has 3 aromatic rings. The van der Waals surface area contributed by atoms with E-state index in [0.29, 0.717) is 34.6 Å². The first kappa shape index (κ1) is 12.2. The van der Waals surface area contributed by atoms with Gasteiger partial charge in [-0.2, -0.15) is 9.61 Å². The van der Waals surface area contributed by atoms with Crippen molar-refractivity contribution in [1.29, 1.82) is 0 Å². The van der Waals surface area contributed by atoms with E-state index in [0.717, 1.165) is 6.20 Å².